The predicted octanol–water partition coefficient (Wildman–Crippen LogP) is 2.46. The van der Waals surface area contributed by atoms with E-state index in [2.05, 4.69) is 25.7 Å². The monoisotopic (exact) mass is 273 g/mol. The van der Waals surface area contributed by atoms with Crippen molar-refractivity contribution in [1.82, 2.24) is 4.90 Å². The van der Waals surface area contributed by atoms with E-state index in [1.807, 2.05) is 26.1 Å². The van der Waals surface area contributed by atoms with Crippen LogP contribution in [-0.2, 0) is 0 Å². The molecule has 3 heteroatoms. The molecule has 0 aliphatic heterocycles. The quantitative estimate of drug-likeness (QED) is 0.856. The average molecular weight is 273 g/mol. The summed E-state index contributed by atoms with van der Waals surface area (Å²) in [6, 6.07) is 5.49. The molecular weight excluding hydrogens is 250 g/mol. The molecule has 1 atom stereocenters. The second-order valence-electron chi connectivity index (χ2n) is 5.19. The van der Waals surface area contributed by atoms with Gasteiger partial charge in [0.05, 0.1) is 0 Å². The Balaban J connectivity index is 2.87. The third-order valence-electron chi connectivity index (χ3n) is 3.40. The number of hydrogen-bond donors (Lipinski definition) is 1. The molecule has 1 rings (SSSR count). The highest BCUT2D eigenvalue weighted by molar-refractivity contribution is 5.94. The van der Waals surface area contributed by atoms with Gasteiger partial charge in [-0.15, -0.1) is 0 Å². The Kier molecular flexibility index (Phi) is 6.27. The fourth-order valence-corrected chi connectivity index (χ4v) is 1.97. The minimum absolute atomic E-state index is 0.0371. The zero-order valence-electron chi connectivity index (χ0n) is 12.7. The van der Waals surface area contributed by atoms with E-state index < -0.39 is 0 Å². The molecule has 0 saturated carbocycles. The van der Waals surface area contributed by atoms with Crippen molar-refractivity contribution >= 4 is 5.91 Å². The van der Waals surface area contributed by atoms with E-state index in [0.717, 1.165) is 24.1 Å². The summed E-state index contributed by atoms with van der Waals surface area (Å²) < 4.78 is 0. The lowest BCUT2D eigenvalue weighted by Gasteiger charge is -2.21. The van der Waals surface area contributed by atoms with Gasteiger partial charge in [-0.2, -0.15) is 0 Å². The summed E-state index contributed by atoms with van der Waals surface area (Å²) in [6.45, 7) is 6.80. The second-order valence-corrected chi connectivity index (χ2v) is 5.19. The molecule has 0 aromatic heterocycles. The molecule has 1 unspecified atom stereocenters. The molecule has 1 aromatic carbocycles. The van der Waals surface area contributed by atoms with Gasteiger partial charge in [0, 0.05) is 24.7 Å². The van der Waals surface area contributed by atoms with E-state index in [9.17, 15) is 4.79 Å². The standard InChI is InChI=1S/C17H23NO2/c1-5-13(2)12-18(4)17(20)16-9-8-15(7-6-10-19)14(3)11-16/h8-9,11,13,19H,5,10,12H2,1-4H3. The lowest BCUT2D eigenvalue weighted by atomic mass is 10.0. The van der Waals surface area contributed by atoms with Crippen molar-refractivity contribution in [2.24, 2.45) is 5.92 Å². The van der Waals surface area contributed by atoms with Crippen LogP contribution in [-0.4, -0.2) is 36.1 Å². The molecule has 20 heavy (non-hydrogen) atoms. The number of nitrogens with zero attached hydrogens (tertiary/aromatic N) is 1. The average Bonchev–Trinajstić information content (AvgIpc) is 2.44. The maximum Gasteiger partial charge on any atom is 0.253 e. The number of carbonyl (C=O) groups is 1. The first-order valence-corrected chi connectivity index (χ1v) is 6.95. The third kappa shape index (κ3) is 4.40. The van der Waals surface area contributed by atoms with E-state index in [4.69, 9.17) is 5.11 Å². The fourth-order valence-electron chi connectivity index (χ4n) is 1.97. The molecule has 0 heterocycles. The van der Waals surface area contributed by atoms with Crippen molar-refractivity contribution in [3.63, 3.8) is 0 Å². The van der Waals surface area contributed by atoms with Crippen LogP contribution in [0.25, 0.3) is 0 Å². The van der Waals surface area contributed by atoms with E-state index in [1.54, 1.807) is 11.0 Å². The van der Waals surface area contributed by atoms with Gasteiger partial charge in [-0.25, -0.2) is 0 Å². The van der Waals surface area contributed by atoms with Gasteiger partial charge in [0.25, 0.3) is 5.91 Å². The minimum atomic E-state index is -0.155. The highest BCUT2D eigenvalue weighted by atomic mass is 16.2. The number of aryl methyl sites for hydroxylation is 1. The summed E-state index contributed by atoms with van der Waals surface area (Å²) in [7, 11) is 1.84. The van der Waals surface area contributed by atoms with Crippen molar-refractivity contribution in [2.75, 3.05) is 20.2 Å². The summed E-state index contributed by atoms with van der Waals surface area (Å²) in [5.41, 5.74) is 2.48. The zero-order chi connectivity index (χ0) is 15.1. The minimum Gasteiger partial charge on any atom is -0.384 e. The van der Waals surface area contributed by atoms with Crippen LogP contribution in [0.3, 0.4) is 0 Å². The first kappa shape index (κ1) is 16.3. The SMILES string of the molecule is CCC(C)CN(C)C(=O)c1ccc(C#CCO)c(C)c1. The highest BCUT2D eigenvalue weighted by Crippen LogP contribution is 2.13. The van der Waals surface area contributed by atoms with E-state index in [1.165, 1.54) is 0 Å². The number of carbonyl (C=O) groups excluding carboxylic acids is 1. The maximum atomic E-state index is 12.3. The van der Waals surface area contributed by atoms with Crippen LogP contribution < -0.4 is 0 Å². The van der Waals surface area contributed by atoms with Crippen LogP contribution in [0, 0.1) is 24.7 Å². The van der Waals surface area contributed by atoms with Crippen LogP contribution in [0.4, 0.5) is 0 Å². The summed E-state index contributed by atoms with van der Waals surface area (Å²) >= 11 is 0. The molecule has 1 aromatic rings. The summed E-state index contributed by atoms with van der Waals surface area (Å²) in [5, 5.41) is 8.71. The van der Waals surface area contributed by atoms with Crippen LogP contribution in [0.15, 0.2) is 18.2 Å². The summed E-state index contributed by atoms with van der Waals surface area (Å²) in [4.78, 5) is 14.1. The number of hydrogen-bond acceptors (Lipinski definition) is 2. The lowest BCUT2D eigenvalue weighted by Crippen LogP contribution is -2.30. The van der Waals surface area contributed by atoms with Gasteiger partial charge in [-0.3, -0.25) is 4.79 Å². The molecule has 3 nitrogen and oxygen atoms in total. The number of aliphatic hydroxyl groups excluding tert-OH is 1. The van der Waals surface area contributed by atoms with Crippen LogP contribution >= 0.6 is 0 Å². The van der Waals surface area contributed by atoms with Crippen molar-refractivity contribution in [3.8, 4) is 11.8 Å². The van der Waals surface area contributed by atoms with Gasteiger partial charge in [-0.1, -0.05) is 32.1 Å². The summed E-state index contributed by atoms with van der Waals surface area (Å²) in [6.07, 6.45) is 1.06. The molecule has 1 N–H and O–H groups in total. The number of rotatable bonds is 4. The maximum absolute atomic E-state index is 12.3. The topological polar surface area (TPSA) is 40.5 Å². The van der Waals surface area contributed by atoms with Crippen molar-refractivity contribution in [1.29, 1.82) is 0 Å². The molecule has 0 saturated heterocycles. The molecule has 0 fully saturated rings. The van der Waals surface area contributed by atoms with Gasteiger partial charge in [0.15, 0.2) is 0 Å². The van der Waals surface area contributed by atoms with Crippen molar-refractivity contribution in [3.05, 3.63) is 34.9 Å². The molecule has 0 radical (unpaired) electrons. The first-order chi connectivity index (χ1) is 9.49. The lowest BCUT2D eigenvalue weighted by molar-refractivity contribution is 0.0775. The molecule has 0 spiro atoms. The first-order valence-electron chi connectivity index (χ1n) is 6.95. The summed E-state index contributed by atoms with van der Waals surface area (Å²) in [5.74, 6) is 6.03. The van der Waals surface area contributed by atoms with Gasteiger partial charge in [0.2, 0.25) is 0 Å². The second kappa shape index (κ2) is 7.72. The predicted molar refractivity (Wildman–Crippen MR) is 81.6 cm³/mol. The Labute approximate surface area is 121 Å². The van der Waals surface area contributed by atoms with Gasteiger partial charge in [0.1, 0.15) is 6.61 Å². The number of benzene rings is 1. The zero-order valence-corrected chi connectivity index (χ0v) is 12.7. The van der Waals surface area contributed by atoms with Crippen molar-refractivity contribution in [2.45, 2.75) is 27.2 Å². The molecule has 1 amide bonds. The molecule has 0 aliphatic carbocycles. The van der Waals surface area contributed by atoms with E-state index in [-0.39, 0.29) is 12.5 Å². The highest BCUT2D eigenvalue weighted by Gasteiger charge is 2.14. The Bertz CT molecular complexity index is 526. The van der Waals surface area contributed by atoms with Gasteiger partial charge < -0.3 is 10.0 Å². The molecular formula is C17H23NO2. The molecule has 0 bridgehead atoms. The van der Waals surface area contributed by atoms with Crippen LogP contribution in [0.2, 0.25) is 0 Å². The Morgan fingerprint density at radius 1 is 1.45 bits per heavy atom. The normalized spacial score (nSPS) is 11.4. The van der Waals surface area contributed by atoms with Crippen LogP contribution in [0.1, 0.15) is 41.8 Å². The van der Waals surface area contributed by atoms with Crippen molar-refractivity contribution < 1.29 is 9.90 Å². The van der Waals surface area contributed by atoms with Crippen LogP contribution in [0.5, 0.6) is 0 Å². The third-order valence-corrected chi connectivity index (χ3v) is 3.40. The largest absolute Gasteiger partial charge is 0.384 e. The Morgan fingerprint density at radius 3 is 2.70 bits per heavy atom. The molecule has 0 aliphatic rings. The van der Waals surface area contributed by atoms with Gasteiger partial charge >= 0.3 is 0 Å². The van der Waals surface area contributed by atoms with Gasteiger partial charge in [-0.05, 0) is 36.6 Å². The number of amides is 1. The Morgan fingerprint density at radius 2 is 2.15 bits per heavy atom. The Hall–Kier alpha value is -1.79. The smallest absolute Gasteiger partial charge is 0.253 e. The van der Waals surface area contributed by atoms with E-state index >= 15 is 0 Å². The number of aliphatic hydroxyl groups is 1. The van der Waals surface area contributed by atoms with E-state index in [0.29, 0.717) is 11.5 Å². The fraction of sp³-hybridized carbons (Fsp3) is 0.471. The molecule has 108 valence electrons.